The van der Waals surface area contributed by atoms with Crippen LogP contribution in [0.1, 0.15) is 50.5 Å². The highest BCUT2D eigenvalue weighted by atomic mass is 14.8. The molecule has 1 N–H and O–H groups in total. The molecule has 1 nitrogen and oxygen atoms in total. The van der Waals surface area contributed by atoms with Crippen LogP contribution >= 0.6 is 0 Å². The second-order valence-corrected chi connectivity index (χ2v) is 4.49. The van der Waals surface area contributed by atoms with Gasteiger partial charge in [-0.3, -0.25) is 0 Å². The van der Waals surface area contributed by atoms with Crippen LogP contribution in [0.3, 0.4) is 0 Å². The van der Waals surface area contributed by atoms with Gasteiger partial charge in [0.1, 0.15) is 0 Å². The summed E-state index contributed by atoms with van der Waals surface area (Å²) in [6.07, 6.45) is 7.05. The van der Waals surface area contributed by atoms with Crippen molar-refractivity contribution in [2.45, 2.75) is 44.9 Å². The van der Waals surface area contributed by atoms with E-state index in [9.17, 15) is 0 Å². The fourth-order valence-corrected chi connectivity index (χ4v) is 2.51. The summed E-state index contributed by atoms with van der Waals surface area (Å²) in [5.74, 6) is 0.828. The molecule has 0 aromatic heterocycles. The molecule has 0 saturated heterocycles. The molecule has 0 heterocycles. The van der Waals surface area contributed by atoms with E-state index in [1.807, 2.05) is 0 Å². The maximum Gasteiger partial charge on any atom is 0.0340 e. The Hall–Kier alpha value is -0.980. The summed E-state index contributed by atoms with van der Waals surface area (Å²) in [5.41, 5.74) is 2.79. The van der Waals surface area contributed by atoms with Crippen LogP contribution in [0.2, 0.25) is 0 Å². The van der Waals surface area contributed by atoms with E-state index in [2.05, 4.69) is 36.5 Å². The molecular weight excluding hydrogens is 182 g/mol. The molecule has 0 amide bonds. The minimum Gasteiger partial charge on any atom is -0.385 e. The van der Waals surface area contributed by atoms with Crippen molar-refractivity contribution >= 4 is 5.69 Å². The van der Waals surface area contributed by atoms with Gasteiger partial charge in [0.05, 0.1) is 0 Å². The van der Waals surface area contributed by atoms with Crippen LogP contribution in [0.25, 0.3) is 0 Å². The Balaban J connectivity index is 2.02. The second kappa shape index (κ2) is 5.20. The minimum atomic E-state index is 0.828. The van der Waals surface area contributed by atoms with Crippen molar-refractivity contribution in [2.75, 3.05) is 11.9 Å². The Bertz CT molecular complexity index is 283. The van der Waals surface area contributed by atoms with E-state index in [1.165, 1.54) is 43.4 Å². The standard InChI is InChI=1S/C14H21N/c1-2-15-14-10-8-13(9-11-14)12-6-4-3-5-7-12/h8-12,15H,2-7H2,1H3. The predicted molar refractivity (Wildman–Crippen MR) is 66.4 cm³/mol. The van der Waals surface area contributed by atoms with Crippen molar-refractivity contribution in [1.29, 1.82) is 0 Å². The van der Waals surface area contributed by atoms with Gasteiger partial charge in [-0.05, 0) is 43.4 Å². The molecular formula is C14H21N. The highest BCUT2D eigenvalue weighted by Gasteiger charge is 2.14. The van der Waals surface area contributed by atoms with E-state index in [0.29, 0.717) is 0 Å². The monoisotopic (exact) mass is 203 g/mol. The average molecular weight is 203 g/mol. The van der Waals surface area contributed by atoms with Crippen LogP contribution in [-0.4, -0.2) is 6.54 Å². The Kier molecular flexibility index (Phi) is 3.65. The van der Waals surface area contributed by atoms with Crippen molar-refractivity contribution in [3.05, 3.63) is 29.8 Å². The first-order chi connectivity index (χ1) is 7.40. The zero-order valence-corrected chi connectivity index (χ0v) is 9.63. The van der Waals surface area contributed by atoms with Crippen LogP contribution < -0.4 is 5.32 Å². The first-order valence-electron chi connectivity index (χ1n) is 6.24. The van der Waals surface area contributed by atoms with Gasteiger partial charge >= 0.3 is 0 Å². The van der Waals surface area contributed by atoms with Crippen LogP contribution in [0.4, 0.5) is 5.69 Å². The van der Waals surface area contributed by atoms with Crippen LogP contribution in [0.15, 0.2) is 24.3 Å². The third-order valence-electron chi connectivity index (χ3n) is 3.37. The van der Waals surface area contributed by atoms with Gasteiger partial charge < -0.3 is 5.32 Å². The van der Waals surface area contributed by atoms with Crippen molar-refractivity contribution in [2.24, 2.45) is 0 Å². The van der Waals surface area contributed by atoms with Crippen molar-refractivity contribution in [3.8, 4) is 0 Å². The zero-order valence-electron chi connectivity index (χ0n) is 9.63. The van der Waals surface area contributed by atoms with E-state index in [4.69, 9.17) is 0 Å². The first-order valence-corrected chi connectivity index (χ1v) is 6.24. The molecule has 1 saturated carbocycles. The highest BCUT2D eigenvalue weighted by Crippen LogP contribution is 2.32. The predicted octanol–water partition coefficient (Wildman–Crippen LogP) is 4.17. The fraction of sp³-hybridized carbons (Fsp3) is 0.571. The van der Waals surface area contributed by atoms with Gasteiger partial charge in [0.25, 0.3) is 0 Å². The molecule has 0 bridgehead atoms. The summed E-state index contributed by atoms with van der Waals surface area (Å²) < 4.78 is 0. The van der Waals surface area contributed by atoms with Crippen LogP contribution in [0.5, 0.6) is 0 Å². The molecule has 1 aliphatic rings. The number of hydrogen-bond acceptors (Lipinski definition) is 1. The maximum atomic E-state index is 3.34. The highest BCUT2D eigenvalue weighted by molar-refractivity contribution is 5.45. The SMILES string of the molecule is CCNc1ccc(C2CCCCC2)cc1. The summed E-state index contributed by atoms with van der Waals surface area (Å²) in [4.78, 5) is 0. The van der Waals surface area contributed by atoms with Gasteiger partial charge in [0.2, 0.25) is 0 Å². The average Bonchev–Trinajstić information content (AvgIpc) is 2.32. The lowest BCUT2D eigenvalue weighted by Gasteiger charge is -2.22. The topological polar surface area (TPSA) is 12.0 Å². The zero-order chi connectivity index (χ0) is 10.5. The molecule has 1 fully saturated rings. The van der Waals surface area contributed by atoms with E-state index < -0.39 is 0 Å². The smallest absolute Gasteiger partial charge is 0.0340 e. The molecule has 0 unspecified atom stereocenters. The Morgan fingerprint density at radius 3 is 2.33 bits per heavy atom. The number of hydrogen-bond donors (Lipinski definition) is 1. The third-order valence-corrected chi connectivity index (χ3v) is 3.37. The molecule has 0 radical (unpaired) electrons. The molecule has 1 heteroatoms. The lowest BCUT2D eigenvalue weighted by Crippen LogP contribution is -2.04. The van der Waals surface area contributed by atoms with E-state index in [-0.39, 0.29) is 0 Å². The van der Waals surface area contributed by atoms with E-state index in [0.717, 1.165) is 12.5 Å². The number of nitrogens with one attached hydrogen (secondary N) is 1. The van der Waals surface area contributed by atoms with Crippen molar-refractivity contribution < 1.29 is 0 Å². The normalized spacial score (nSPS) is 17.7. The summed E-state index contributed by atoms with van der Waals surface area (Å²) in [6, 6.07) is 9.03. The minimum absolute atomic E-state index is 0.828. The molecule has 1 aliphatic carbocycles. The Labute approximate surface area is 92.9 Å². The van der Waals surface area contributed by atoms with Gasteiger partial charge in [-0.1, -0.05) is 31.4 Å². The molecule has 1 aromatic rings. The molecule has 82 valence electrons. The lowest BCUT2D eigenvalue weighted by molar-refractivity contribution is 0.443. The lowest BCUT2D eigenvalue weighted by atomic mass is 9.84. The largest absolute Gasteiger partial charge is 0.385 e. The molecule has 0 spiro atoms. The van der Waals surface area contributed by atoms with Gasteiger partial charge in [0.15, 0.2) is 0 Å². The summed E-state index contributed by atoms with van der Waals surface area (Å²) >= 11 is 0. The second-order valence-electron chi connectivity index (χ2n) is 4.49. The van der Waals surface area contributed by atoms with Crippen LogP contribution in [-0.2, 0) is 0 Å². The first kappa shape index (κ1) is 10.5. The van der Waals surface area contributed by atoms with Crippen molar-refractivity contribution in [1.82, 2.24) is 0 Å². The maximum absolute atomic E-state index is 3.34. The molecule has 0 aliphatic heterocycles. The fourth-order valence-electron chi connectivity index (χ4n) is 2.51. The quantitative estimate of drug-likeness (QED) is 0.777. The van der Waals surface area contributed by atoms with Crippen molar-refractivity contribution in [3.63, 3.8) is 0 Å². The number of benzene rings is 1. The molecule has 1 aromatic carbocycles. The molecule has 15 heavy (non-hydrogen) atoms. The van der Waals surface area contributed by atoms with E-state index >= 15 is 0 Å². The Morgan fingerprint density at radius 1 is 1.07 bits per heavy atom. The summed E-state index contributed by atoms with van der Waals surface area (Å²) in [6.45, 7) is 3.14. The number of rotatable bonds is 3. The third kappa shape index (κ3) is 2.74. The van der Waals surface area contributed by atoms with Gasteiger partial charge in [-0.15, -0.1) is 0 Å². The van der Waals surface area contributed by atoms with E-state index in [1.54, 1.807) is 0 Å². The van der Waals surface area contributed by atoms with Crippen LogP contribution in [0, 0.1) is 0 Å². The van der Waals surface area contributed by atoms with Gasteiger partial charge in [-0.2, -0.15) is 0 Å². The van der Waals surface area contributed by atoms with Gasteiger partial charge in [-0.25, -0.2) is 0 Å². The molecule has 2 rings (SSSR count). The Morgan fingerprint density at radius 2 is 1.73 bits per heavy atom. The van der Waals surface area contributed by atoms with Gasteiger partial charge in [0, 0.05) is 12.2 Å². The summed E-state index contributed by atoms with van der Waals surface area (Å²) in [5, 5.41) is 3.34. The summed E-state index contributed by atoms with van der Waals surface area (Å²) in [7, 11) is 0. The molecule has 0 atom stereocenters. The number of anilines is 1.